The highest BCUT2D eigenvalue weighted by Gasteiger charge is 2.36. The van der Waals surface area contributed by atoms with Crippen LogP contribution in [0.25, 0.3) is 10.9 Å². The minimum Gasteiger partial charge on any atom is -0.378 e. The number of nitrogens with zero attached hydrogens (tertiary/aromatic N) is 1. The second-order valence-electron chi connectivity index (χ2n) is 5.92. The summed E-state index contributed by atoms with van der Waals surface area (Å²) >= 11 is 6.02. The average Bonchev–Trinajstić information content (AvgIpc) is 2.91. The first kappa shape index (κ1) is 14.4. The molecule has 2 aromatic rings. The van der Waals surface area contributed by atoms with E-state index >= 15 is 0 Å². The molecule has 1 aliphatic rings. The summed E-state index contributed by atoms with van der Waals surface area (Å²) in [6, 6.07) is 5.71. The second-order valence-corrected chi connectivity index (χ2v) is 6.36. The van der Waals surface area contributed by atoms with Gasteiger partial charge in [-0.1, -0.05) is 17.7 Å². The largest absolute Gasteiger partial charge is 0.378 e. The summed E-state index contributed by atoms with van der Waals surface area (Å²) in [5.74, 6) is 0.140. The molecular formula is C16H19ClN2O2. The molecule has 1 saturated heterocycles. The Balaban J connectivity index is 1.97. The molecule has 0 aliphatic carbocycles. The van der Waals surface area contributed by atoms with E-state index in [0.717, 1.165) is 16.5 Å². The van der Waals surface area contributed by atoms with Crippen LogP contribution in [0.2, 0.25) is 5.02 Å². The summed E-state index contributed by atoms with van der Waals surface area (Å²) in [6.45, 7) is 6.51. The first-order valence-electron chi connectivity index (χ1n) is 7.14. The standard InChI is InChI=1S/C16H19ClN2O2/c1-16(2,15(20)19-5-7-21-8-6-19)13-10-18-14-9-11(17)3-4-12(13)14/h3-4,9-10,18H,5-8H2,1-2H3. The van der Waals surface area contributed by atoms with E-state index in [-0.39, 0.29) is 5.91 Å². The molecule has 2 heterocycles. The Hall–Kier alpha value is -1.52. The smallest absolute Gasteiger partial charge is 0.232 e. The Kier molecular flexibility index (Phi) is 3.68. The van der Waals surface area contributed by atoms with Crippen LogP contribution in [-0.2, 0) is 14.9 Å². The van der Waals surface area contributed by atoms with Gasteiger partial charge in [-0.25, -0.2) is 0 Å². The number of H-pyrrole nitrogens is 1. The lowest BCUT2D eigenvalue weighted by Gasteiger charge is -2.34. The van der Waals surface area contributed by atoms with Crippen LogP contribution < -0.4 is 0 Å². The molecule has 0 spiro atoms. The lowest BCUT2D eigenvalue weighted by Crippen LogP contribution is -2.48. The number of amides is 1. The Morgan fingerprint density at radius 1 is 1.33 bits per heavy atom. The van der Waals surface area contributed by atoms with E-state index in [9.17, 15) is 4.79 Å². The van der Waals surface area contributed by atoms with Gasteiger partial charge in [-0.15, -0.1) is 0 Å². The molecule has 0 bridgehead atoms. The first-order valence-corrected chi connectivity index (χ1v) is 7.52. The maximum absolute atomic E-state index is 12.9. The Bertz CT molecular complexity index is 672. The molecule has 0 radical (unpaired) electrons. The predicted octanol–water partition coefficient (Wildman–Crippen LogP) is 2.96. The average molecular weight is 307 g/mol. The third-order valence-corrected chi connectivity index (χ3v) is 4.39. The quantitative estimate of drug-likeness (QED) is 0.927. The number of benzene rings is 1. The highest BCUT2D eigenvalue weighted by atomic mass is 35.5. The first-order chi connectivity index (χ1) is 10.00. The molecule has 1 fully saturated rings. The fourth-order valence-corrected chi connectivity index (χ4v) is 3.06. The van der Waals surface area contributed by atoms with Gasteiger partial charge in [0.25, 0.3) is 0 Å². The number of hydrogen-bond donors (Lipinski definition) is 1. The highest BCUT2D eigenvalue weighted by Crippen LogP contribution is 2.33. The van der Waals surface area contributed by atoms with Gasteiger partial charge in [-0.2, -0.15) is 0 Å². The van der Waals surface area contributed by atoms with Crippen LogP contribution in [0.1, 0.15) is 19.4 Å². The van der Waals surface area contributed by atoms with Crippen LogP contribution in [-0.4, -0.2) is 42.1 Å². The Morgan fingerprint density at radius 3 is 2.76 bits per heavy atom. The van der Waals surface area contributed by atoms with E-state index in [1.54, 1.807) is 0 Å². The molecule has 3 rings (SSSR count). The van der Waals surface area contributed by atoms with Gasteiger partial charge in [-0.3, -0.25) is 4.79 Å². The van der Waals surface area contributed by atoms with Gasteiger partial charge in [0.2, 0.25) is 5.91 Å². The van der Waals surface area contributed by atoms with Crippen LogP contribution in [0.15, 0.2) is 24.4 Å². The van der Waals surface area contributed by atoms with E-state index in [1.807, 2.05) is 43.1 Å². The maximum atomic E-state index is 12.9. The molecule has 1 amide bonds. The van der Waals surface area contributed by atoms with Gasteiger partial charge >= 0.3 is 0 Å². The molecule has 4 nitrogen and oxygen atoms in total. The topological polar surface area (TPSA) is 45.3 Å². The van der Waals surface area contributed by atoms with Crippen molar-refractivity contribution in [2.75, 3.05) is 26.3 Å². The van der Waals surface area contributed by atoms with E-state index in [1.165, 1.54) is 0 Å². The van der Waals surface area contributed by atoms with Crippen molar-refractivity contribution in [1.82, 2.24) is 9.88 Å². The van der Waals surface area contributed by atoms with E-state index < -0.39 is 5.41 Å². The molecule has 5 heteroatoms. The minimum absolute atomic E-state index is 0.140. The van der Waals surface area contributed by atoms with Crippen molar-refractivity contribution < 1.29 is 9.53 Å². The maximum Gasteiger partial charge on any atom is 0.232 e. The minimum atomic E-state index is -0.580. The number of aromatic nitrogens is 1. The molecule has 1 aromatic heterocycles. The number of carbonyl (C=O) groups is 1. The zero-order valence-corrected chi connectivity index (χ0v) is 13.0. The van der Waals surface area contributed by atoms with Crippen LogP contribution in [0.3, 0.4) is 0 Å². The van der Waals surface area contributed by atoms with Gasteiger partial charge in [-0.05, 0) is 31.5 Å². The zero-order valence-electron chi connectivity index (χ0n) is 12.3. The lowest BCUT2D eigenvalue weighted by atomic mass is 9.83. The summed E-state index contributed by atoms with van der Waals surface area (Å²) < 4.78 is 5.32. The fourth-order valence-electron chi connectivity index (χ4n) is 2.89. The SMILES string of the molecule is CC(C)(C(=O)N1CCOCC1)c1c[nH]c2cc(Cl)ccc12. The summed E-state index contributed by atoms with van der Waals surface area (Å²) in [6.07, 6.45) is 1.92. The summed E-state index contributed by atoms with van der Waals surface area (Å²) in [7, 11) is 0. The number of nitrogens with one attached hydrogen (secondary N) is 1. The van der Waals surface area contributed by atoms with Crippen LogP contribution >= 0.6 is 11.6 Å². The number of rotatable bonds is 2. The van der Waals surface area contributed by atoms with Crippen molar-refractivity contribution in [3.8, 4) is 0 Å². The number of fused-ring (bicyclic) bond motifs is 1. The highest BCUT2D eigenvalue weighted by molar-refractivity contribution is 6.31. The lowest BCUT2D eigenvalue weighted by molar-refractivity contribution is -0.140. The number of hydrogen-bond acceptors (Lipinski definition) is 2. The molecule has 1 aliphatic heterocycles. The Labute approximate surface area is 129 Å². The van der Waals surface area contributed by atoms with E-state index in [0.29, 0.717) is 31.3 Å². The summed E-state index contributed by atoms with van der Waals surface area (Å²) in [5.41, 5.74) is 1.38. The van der Waals surface area contributed by atoms with Gasteiger partial charge in [0.1, 0.15) is 0 Å². The second kappa shape index (κ2) is 5.35. The van der Waals surface area contributed by atoms with Crippen LogP contribution in [0.5, 0.6) is 0 Å². The van der Waals surface area contributed by atoms with Crippen molar-refractivity contribution in [2.45, 2.75) is 19.3 Å². The van der Waals surface area contributed by atoms with Crippen molar-refractivity contribution in [2.24, 2.45) is 0 Å². The molecule has 0 saturated carbocycles. The number of halogens is 1. The van der Waals surface area contributed by atoms with Crippen molar-refractivity contribution in [3.63, 3.8) is 0 Å². The number of aromatic amines is 1. The summed E-state index contributed by atoms with van der Waals surface area (Å²) in [5, 5.41) is 1.74. The van der Waals surface area contributed by atoms with Crippen LogP contribution in [0, 0.1) is 0 Å². The normalized spacial score (nSPS) is 16.4. The predicted molar refractivity (Wildman–Crippen MR) is 83.7 cm³/mol. The molecule has 112 valence electrons. The Morgan fingerprint density at radius 2 is 2.05 bits per heavy atom. The molecular weight excluding hydrogens is 288 g/mol. The molecule has 1 aromatic carbocycles. The molecule has 21 heavy (non-hydrogen) atoms. The van der Waals surface area contributed by atoms with Gasteiger partial charge in [0, 0.05) is 35.2 Å². The number of carbonyl (C=O) groups excluding carboxylic acids is 1. The number of morpholine rings is 1. The summed E-state index contributed by atoms with van der Waals surface area (Å²) in [4.78, 5) is 18.0. The fraction of sp³-hybridized carbons (Fsp3) is 0.438. The molecule has 0 atom stereocenters. The van der Waals surface area contributed by atoms with Crippen LogP contribution in [0.4, 0.5) is 0 Å². The van der Waals surface area contributed by atoms with Gasteiger partial charge < -0.3 is 14.6 Å². The molecule has 0 unspecified atom stereocenters. The van der Waals surface area contributed by atoms with E-state index in [4.69, 9.17) is 16.3 Å². The van der Waals surface area contributed by atoms with Crippen molar-refractivity contribution in [1.29, 1.82) is 0 Å². The third-order valence-electron chi connectivity index (χ3n) is 4.15. The molecule has 1 N–H and O–H groups in total. The number of ether oxygens (including phenoxy) is 1. The van der Waals surface area contributed by atoms with E-state index in [2.05, 4.69) is 4.98 Å². The third kappa shape index (κ3) is 2.54. The van der Waals surface area contributed by atoms with Gasteiger partial charge in [0.15, 0.2) is 0 Å². The van der Waals surface area contributed by atoms with Gasteiger partial charge in [0.05, 0.1) is 18.6 Å². The monoisotopic (exact) mass is 306 g/mol. The van der Waals surface area contributed by atoms with Crippen molar-refractivity contribution >= 4 is 28.4 Å². The zero-order chi connectivity index (χ0) is 15.0. The van der Waals surface area contributed by atoms with Crippen molar-refractivity contribution in [3.05, 3.63) is 35.0 Å².